The number of aryl methyl sites for hydroxylation is 2. The van der Waals surface area contributed by atoms with Gasteiger partial charge in [-0.15, -0.1) is 0 Å². The molecule has 0 spiro atoms. The summed E-state index contributed by atoms with van der Waals surface area (Å²) in [6.45, 7) is 11.6. The van der Waals surface area contributed by atoms with E-state index in [1.54, 1.807) is 36.4 Å². The normalized spacial score (nSPS) is 12.7. The Morgan fingerprint density at radius 2 is 1.55 bits per heavy atom. The van der Waals surface area contributed by atoms with Crippen molar-refractivity contribution in [2.24, 2.45) is 0 Å². The molecule has 226 valence electrons. The first kappa shape index (κ1) is 32.7. The lowest BCUT2D eigenvalue weighted by atomic mass is 10.1. The Labute approximate surface area is 250 Å². The molecule has 0 bridgehead atoms. The van der Waals surface area contributed by atoms with Crippen molar-refractivity contribution in [3.8, 4) is 5.75 Å². The molecular formula is C33H43N3O5S. The van der Waals surface area contributed by atoms with E-state index >= 15 is 0 Å². The zero-order chi connectivity index (χ0) is 30.9. The third kappa shape index (κ3) is 8.35. The Morgan fingerprint density at radius 3 is 2.12 bits per heavy atom. The first-order valence-corrected chi connectivity index (χ1v) is 15.9. The number of carbonyl (C=O) groups excluding carboxylic acids is 2. The molecule has 3 aromatic rings. The zero-order valence-electron chi connectivity index (χ0n) is 25.5. The van der Waals surface area contributed by atoms with Crippen molar-refractivity contribution in [1.29, 1.82) is 0 Å². The minimum absolute atomic E-state index is 0.0334. The third-order valence-corrected chi connectivity index (χ3v) is 8.93. The van der Waals surface area contributed by atoms with E-state index in [0.29, 0.717) is 24.5 Å². The molecule has 8 nitrogen and oxygen atoms in total. The summed E-state index contributed by atoms with van der Waals surface area (Å²) in [4.78, 5) is 29.1. The van der Waals surface area contributed by atoms with E-state index in [0.717, 1.165) is 27.4 Å². The molecule has 42 heavy (non-hydrogen) atoms. The van der Waals surface area contributed by atoms with Crippen LogP contribution in [0.1, 0.15) is 57.2 Å². The van der Waals surface area contributed by atoms with Crippen LogP contribution < -0.4 is 14.4 Å². The number of carbonyl (C=O) groups is 2. The maximum Gasteiger partial charge on any atom is 0.264 e. The van der Waals surface area contributed by atoms with Crippen LogP contribution in [-0.4, -0.2) is 50.4 Å². The molecule has 1 N–H and O–H groups in total. The lowest BCUT2D eigenvalue weighted by Crippen LogP contribution is -2.53. The van der Waals surface area contributed by atoms with Gasteiger partial charge >= 0.3 is 0 Å². The zero-order valence-corrected chi connectivity index (χ0v) is 26.3. The summed E-state index contributed by atoms with van der Waals surface area (Å²) in [6, 6.07) is 20.0. The number of amides is 2. The molecule has 0 aromatic heterocycles. The van der Waals surface area contributed by atoms with E-state index in [4.69, 9.17) is 4.74 Å². The van der Waals surface area contributed by atoms with Crippen LogP contribution in [0.5, 0.6) is 5.75 Å². The fourth-order valence-corrected chi connectivity index (χ4v) is 6.02. The van der Waals surface area contributed by atoms with Crippen LogP contribution in [0.3, 0.4) is 0 Å². The van der Waals surface area contributed by atoms with Crippen molar-refractivity contribution in [2.75, 3.05) is 17.5 Å². The van der Waals surface area contributed by atoms with Crippen molar-refractivity contribution >= 4 is 27.5 Å². The molecular weight excluding hydrogens is 550 g/mol. The van der Waals surface area contributed by atoms with E-state index in [1.165, 1.54) is 17.0 Å². The highest BCUT2D eigenvalue weighted by Gasteiger charge is 2.34. The average molecular weight is 594 g/mol. The predicted molar refractivity (Wildman–Crippen MR) is 167 cm³/mol. The van der Waals surface area contributed by atoms with Crippen LogP contribution in [0.2, 0.25) is 0 Å². The number of rotatable bonds is 14. The number of nitrogens with one attached hydrogen (secondary N) is 1. The number of benzene rings is 3. The largest absolute Gasteiger partial charge is 0.494 e. The maximum absolute atomic E-state index is 14.2. The van der Waals surface area contributed by atoms with Gasteiger partial charge in [0.05, 0.1) is 17.2 Å². The van der Waals surface area contributed by atoms with Crippen LogP contribution in [0.15, 0.2) is 77.7 Å². The average Bonchev–Trinajstić information content (AvgIpc) is 2.96. The number of ether oxygens (including phenoxy) is 1. The summed E-state index contributed by atoms with van der Waals surface area (Å²) in [5, 5.41) is 3.00. The molecule has 2 atom stereocenters. The van der Waals surface area contributed by atoms with Gasteiger partial charge < -0.3 is 15.0 Å². The molecule has 0 fully saturated rings. The molecule has 0 radical (unpaired) electrons. The first-order valence-electron chi connectivity index (χ1n) is 14.5. The number of nitrogens with zero attached hydrogens (tertiary/aromatic N) is 2. The fraction of sp³-hybridized carbons (Fsp3) is 0.394. The summed E-state index contributed by atoms with van der Waals surface area (Å²) >= 11 is 0. The van der Waals surface area contributed by atoms with Crippen LogP contribution >= 0.6 is 0 Å². The lowest BCUT2D eigenvalue weighted by Gasteiger charge is -2.33. The third-order valence-electron chi connectivity index (χ3n) is 7.15. The summed E-state index contributed by atoms with van der Waals surface area (Å²) in [7, 11) is -4.15. The lowest BCUT2D eigenvalue weighted by molar-refractivity contribution is -0.140. The molecule has 0 aliphatic heterocycles. The number of sulfonamides is 1. The van der Waals surface area contributed by atoms with Gasteiger partial charge in [0.1, 0.15) is 18.3 Å². The Kier molecular flexibility index (Phi) is 11.6. The monoisotopic (exact) mass is 593 g/mol. The SMILES string of the molecule is CCOc1ccc(S(=O)(=O)N(CC(=O)N(Cc2cccc(C)c2)[C@H](CC)C(=O)N[C@@H](C)CC)c2ccc(C)cc2)cc1. The standard InChI is InChI=1S/C33H43N3O5S/c1-7-26(6)34-33(38)31(8-2)35(22-27-12-10-11-25(5)21-27)32(37)23-36(28-15-13-24(4)14-16-28)42(39,40)30-19-17-29(18-20-30)41-9-3/h10-21,26,31H,7-9,22-23H2,1-6H3,(H,34,38)/t26-,31+/m0/s1. The number of hydrogen-bond acceptors (Lipinski definition) is 5. The van der Waals surface area contributed by atoms with Gasteiger partial charge in [-0.1, -0.05) is 61.4 Å². The molecule has 2 amide bonds. The molecule has 3 aromatic carbocycles. The van der Waals surface area contributed by atoms with Crippen molar-refractivity contribution in [3.05, 3.63) is 89.5 Å². The molecule has 0 saturated carbocycles. The van der Waals surface area contributed by atoms with Gasteiger partial charge in [-0.2, -0.15) is 0 Å². The van der Waals surface area contributed by atoms with Crippen LogP contribution in [0.4, 0.5) is 5.69 Å². The van der Waals surface area contributed by atoms with Crippen molar-refractivity contribution < 1.29 is 22.7 Å². The van der Waals surface area contributed by atoms with E-state index in [9.17, 15) is 18.0 Å². The molecule has 9 heteroatoms. The van der Waals surface area contributed by atoms with E-state index in [1.807, 2.05) is 65.8 Å². The minimum Gasteiger partial charge on any atom is -0.494 e. The smallest absolute Gasteiger partial charge is 0.264 e. The van der Waals surface area contributed by atoms with Gasteiger partial charge in [0.15, 0.2) is 0 Å². The van der Waals surface area contributed by atoms with E-state index < -0.39 is 28.5 Å². The molecule has 0 saturated heterocycles. The van der Waals surface area contributed by atoms with Crippen LogP contribution in [-0.2, 0) is 26.2 Å². The second kappa shape index (κ2) is 14.9. The molecule has 0 aliphatic carbocycles. The highest BCUT2D eigenvalue weighted by atomic mass is 32.2. The van der Waals surface area contributed by atoms with E-state index in [2.05, 4.69) is 5.32 Å². The maximum atomic E-state index is 14.2. The topological polar surface area (TPSA) is 96.0 Å². The van der Waals surface area contributed by atoms with Gasteiger partial charge in [-0.05, 0) is 82.5 Å². The Hall–Kier alpha value is -3.85. The van der Waals surface area contributed by atoms with Gasteiger partial charge in [0.2, 0.25) is 11.8 Å². The fourth-order valence-electron chi connectivity index (χ4n) is 4.61. The summed E-state index contributed by atoms with van der Waals surface area (Å²) < 4.78 is 34.7. The Bertz CT molecular complexity index is 1440. The molecule has 0 aliphatic rings. The highest BCUT2D eigenvalue weighted by Crippen LogP contribution is 2.26. The van der Waals surface area contributed by atoms with Crippen molar-refractivity contribution in [2.45, 2.75) is 77.9 Å². The van der Waals surface area contributed by atoms with Crippen LogP contribution in [0, 0.1) is 13.8 Å². The second-order valence-electron chi connectivity index (χ2n) is 10.5. The Balaban J connectivity index is 2.05. The first-order chi connectivity index (χ1) is 20.0. The number of anilines is 1. The quantitative estimate of drug-likeness (QED) is 0.262. The second-order valence-corrected chi connectivity index (χ2v) is 12.4. The predicted octanol–water partition coefficient (Wildman–Crippen LogP) is 5.62. The molecule has 3 rings (SSSR count). The van der Waals surface area contributed by atoms with Crippen LogP contribution in [0.25, 0.3) is 0 Å². The Morgan fingerprint density at radius 1 is 0.881 bits per heavy atom. The molecule has 0 heterocycles. The van der Waals surface area contributed by atoms with Gasteiger partial charge in [0.25, 0.3) is 10.0 Å². The van der Waals surface area contributed by atoms with Gasteiger partial charge in [-0.3, -0.25) is 13.9 Å². The summed E-state index contributed by atoms with van der Waals surface area (Å²) in [5.41, 5.74) is 3.19. The highest BCUT2D eigenvalue weighted by molar-refractivity contribution is 7.92. The number of hydrogen-bond donors (Lipinski definition) is 1. The van der Waals surface area contributed by atoms with Crippen molar-refractivity contribution in [1.82, 2.24) is 10.2 Å². The van der Waals surface area contributed by atoms with Gasteiger partial charge in [-0.25, -0.2) is 8.42 Å². The summed E-state index contributed by atoms with van der Waals surface area (Å²) in [6.07, 6.45) is 1.12. The molecule has 0 unspecified atom stereocenters. The summed E-state index contributed by atoms with van der Waals surface area (Å²) in [5.74, 6) is -0.182. The van der Waals surface area contributed by atoms with Crippen molar-refractivity contribution in [3.63, 3.8) is 0 Å². The van der Waals surface area contributed by atoms with Gasteiger partial charge in [0, 0.05) is 12.6 Å². The minimum atomic E-state index is -4.15. The van der Waals surface area contributed by atoms with E-state index in [-0.39, 0.29) is 23.4 Å².